The summed E-state index contributed by atoms with van der Waals surface area (Å²) in [7, 11) is -10.0. The lowest BCUT2D eigenvalue weighted by atomic mass is 10.0. The van der Waals surface area contributed by atoms with E-state index in [-0.39, 0.29) is 25.7 Å². The van der Waals surface area contributed by atoms with Crippen LogP contribution in [0.4, 0.5) is 0 Å². The lowest BCUT2D eigenvalue weighted by molar-refractivity contribution is -0.161. The predicted molar refractivity (Wildman–Crippen MR) is 436 cm³/mol. The van der Waals surface area contributed by atoms with Crippen LogP contribution >= 0.6 is 15.6 Å². The molecular formula is C87H146O17P2. The molecule has 0 fully saturated rings. The van der Waals surface area contributed by atoms with Gasteiger partial charge >= 0.3 is 39.5 Å². The number of allylic oxidation sites excluding steroid dienone is 24. The van der Waals surface area contributed by atoms with Crippen molar-refractivity contribution >= 4 is 39.5 Å². The van der Waals surface area contributed by atoms with Crippen molar-refractivity contribution < 1.29 is 80.2 Å². The van der Waals surface area contributed by atoms with Crippen molar-refractivity contribution in [3.05, 3.63) is 146 Å². The van der Waals surface area contributed by atoms with Gasteiger partial charge in [-0.2, -0.15) is 0 Å². The highest BCUT2D eigenvalue weighted by atomic mass is 31.2. The van der Waals surface area contributed by atoms with E-state index in [4.69, 9.17) is 37.0 Å². The van der Waals surface area contributed by atoms with E-state index >= 15 is 0 Å². The van der Waals surface area contributed by atoms with E-state index in [0.717, 1.165) is 109 Å². The molecule has 17 nitrogen and oxygen atoms in total. The maximum absolute atomic E-state index is 13.1. The number of rotatable bonds is 76. The van der Waals surface area contributed by atoms with Gasteiger partial charge in [0.05, 0.1) is 26.4 Å². The van der Waals surface area contributed by atoms with Crippen LogP contribution in [0.3, 0.4) is 0 Å². The smallest absolute Gasteiger partial charge is 0.462 e. The summed E-state index contributed by atoms with van der Waals surface area (Å²) in [5.41, 5.74) is 0. The van der Waals surface area contributed by atoms with E-state index in [2.05, 4.69) is 137 Å². The van der Waals surface area contributed by atoms with Crippen LogP contribution in [-0.4, -0.2) is 96.7 Å². The molecular weight excluding hydrogens is 1380 g/mol. The minimum Gasteiger partial charge on any atom is -0.462 e. The molecule has 0 aromatic rings. The summed E-state index contributed by atoms with van der Waals surface area (Å²) < 4.78 is 68.5. The normalized spacial score (nSPS) is 14.6. The molecule has 19 heteroatoms. The summed E-state index contributed by atoms with van der Waals surface area (Å²) >= 11 is 0. The summed E-state index contributed by atoms with van der Waals surface area (Å²) in [5, 5.41) is 10.6. The highest BCUT2D eigenvalue weighted by Gasteiger charge is 2.30. The molecule has 0 heterocycles. The van der Waals surface area contributed by atoms with Crippen LogP contribution in [0.15, 0.2) is 146 Å². The first-order valence-electron chi connectivity index (χ1n) is 41.1. The minimum atomic E-state index is -5.02. The average molecular weight is 1530 g/mol. The van der Waals surface area contributed by atoms with E-state index in [9.17, 15) is 43.2 Å². The monoisotopic (exact) mass is 1530 g/mol. The SMILES string of the molecule is CC/C=C\C/C=C\C/C=C\C/C=C\C/C=C\C/C=C\CCC(=O)OCC(COP(=O)(O)OCC(O)COP(=O)(O)OCC(COC(=O)CCCCCCCCCCCCCCCCC)OC(=O)CCCCCCCCCCCCCCC)OC(=O)CC/C=C\C/C=C\C/C=C\C/C=C\C/C=C\C/C=C\CC. The number of carbonyl (C=O) groups excluding carboxylic acids is 4. The van der Waals surface area contributed by atoms with Crippen molar-refractivity contribution in [3.63, 3.8) is 0 Å². The molecule has 0 saturated heterocycles. The summed E-state index contributed by atoms with van der Waals surface area (Å²) in [6.45, 7) is 4.51. The van der Waals surface area contributed by atoms with Crippen LogP contribution in [0, 0.1) is 0 Å². The van der Waals surface area contributed by atoms with Crippen molar-refractivity contribution in [2.24, 2.45) is 0 Å². The second-order valence-corrected chi connectivity index (χ2v) is 29.9. The molecule has 0 amide bonds. The molecule has 0 rings (SSSR count). The average Bonchev–Trinajstić information content (AvgIpc) is 0.903. The van der Waals surface area contributed by atoms with Gasteiger partial charge in [0.2, 0.25) is 0 Å². The van der Waals surface area contributed by atoms with Gasteiger partial charge in [-0.15, -0.1) is 0 Å². The summed E-state index contributed by atoms with van der Waals surface area (Å²) in [4.78, 5) is 73.0. The Labute approximate surface area is 643 Å². The number of phosphoric acid groups is 2. The van der Waals surface area contributed by atoms with Crippen LogP contribution in [0.2, 0.25) is 0 Å². The Morgan fingerprint density at radius 3 is 0.774 bits per heavy atom. The molecule has 0 aliphatic heterocycles. The molecule has 5 atom stereocenters. The number of carbonyl (C=O) groups is 4. The van der Waals surface area contributed by atoms with E-state index < -0.39 is 97.5 Å². The molecule has 0 spiro atoms. The van der Waals surface area contributed by atoms with E-state index in [0.29, 0.717) is 38.5 Å². The Bertz CT molecular complexity index is 2580. The van der Waals surface area contributed by atoms with Crippen LogP contribution in [0.1, 0.15) is 323 Å². The van der Waals surface area contributed by atoms with Crippen molar-refractivity contribution in [3.8, 4) is 0 Å². The number of hydrogen-bond acceptors (Lipinski definition) is 15. The zero-order valence-electron chi connectivity index (χ0n) is 66.3. The number of ether oxygens (including phenoxy) is 4. The number of unbranched alkanes of at least 4 members (excludes halogenated alkanes) is 26. The lowest BCUT2D eigenvalue weighted by Crippen LogP contribution is -2.30. The van der Waals surface area contributed by atoms with Gasteiger partial charge in [-0.1, -0.05) is 340 Å². The maximum atomic E-state index is 13.1. The maximum Gasteiger partial charge on any atom is 0.472 e. The molecule has 606 valence electrons. The van der Waals surface area contributed by atoms with Gasteiger partial charge in [-0.3, -0.25) is 37.3 Å². The van der Waals surface area contributed by atoms with Crippen molar-refractivity contribution in [1.29, 1.82) is 0 Å². The number of hydrogen-bond donors (Lipinski definition) is 3. The van der Waals surface area contributed by atoms with Gasteiger partial charge in [0.1, 0.15) is 19.3 Å². The first kappa shape index (κ1) is 101. The zero-order valence-corrected chi connectivity index (χ0v) is 68.1. The highest BCUT2D eigenvalue weighted by Crippen LogP contribution is 2.45. The quantitative estimate of drug-likeness (QED) is 0.0169. The Kier molecular flexibility index (Phi) is 74.3. The Morgan fingerprint density at radius 1 is 0.274 bits per heavy atom. The first-order chi connectivity index (χ1) is 51.7. The number of aliphatic hydroxyl groups excluding tert-OH is 1. The van der Waals surface area contributed by atoms with Gasteiger partial charge in [0, 0.05) is 25.7 Å². The predicted octanol–water partition coefficient (Wildman–Crippen LogP) is 24.2. The first-order valence-corrected chi connectivity index (χ1v) is 44.1. The van der Waals surface area contributed by atoms with Crippen molar-refractivity contribution in [2.75, 3.05) is 39.6 Å². The zero-order chi connectivity index (χ0) is 77.4. The van der Waals surface area contributed by atoms with Gasteiger partial charge in [-0.05, 0) is 103 Å². The summed E-state index contributed by atoms with van der Waals surface area (Å²) in [6.07, 6.45) is 90.0. The van der Waals surface area contributed by atoms with E-state index in [1.54, 1.807) is 0 Å². The van der Waals surface area contributed by atoms with Gasteiger partial charge < -0.3 is 33.8 Å². The van der Waals surface area contributed by atoms with Gasteiger partial charge in [0.25, 0.3) is 0 Å². The van der Waals surface area contributed by atoms with Crippen molar-refractivity contribution in [2.45, 2.75) is 341 Å². The van der Waals surface area contributed by atoms with Crippen LogP contribution in [0.5, 0.6) is 0 Å². The molecule has 0 aliphatic carbocycles. The number of phosphoric ester groups is 2. The standard InChI is InChI=1S/C87H146O17P2/c1-5-9-13-17-21-25-29-33-36-38-40-42-45-49-52-56-60-64-68-72-85(90)98-78-83(104-87(92)74-70-66-62-58-54-50-46-43-41-39-37-34-30-26-22-18-14-10-6-2)80-102-106(95,96)100-76-81(88)75-99-105(93,94)101-79-82(103-86(91)73-69-65-61-57-53-47-32-28-24-20-16-12-8-4)77-97-84(89)71-67-63-59-55-51-48-44-35-31-27-23-19-15-11-7-3/h9-10,13-14,21-22,25-26,33-34,36-37,40-43,49-50,52,54,60,62,64,66,81-83,88H,5-8,11-12,15-20,23-24,27-32,35,38-39,44-48,51,53,55-59,61,63,65,67-80H2,1-4H3,(H,93,94)(H,95,96)/b13-9-,14-10-,25-21-,26-22-,36-33-,37-34-,42-40-,43-41-,52-49-,54-50-,64-60-,66-62-. The highest BCUT2D eigenvalue weighted by molar-refractivity contribution is 7.47. The summed E-state index contributed by atoms with van der Waals surface area (Å²) in [6, 6.07) is 0. The van der Waals surface area contributed by atoms with Gasteiger partial charge in [0.15, 0.2) is 12.2 Å². The molecule has 3 N–H and O–H groups in total. The molecule has 0 radical (unpaired) electrons. The van der Waals surface area contributed by atoms with Crippen LogP contribution in [0.25, 0.3) is 0 Å². The fourth-order valence-corrected chi connectivity index (χ4v) is 12.3. The second-order valence-electron chi connectivity index (χ2n) is 27.0. The van der Waals surface area contributed by atoms with Gasteiger partial charge in [-0.25, -0.2) is 9.13 Å². The Hall–Kier alpha value is -5.06. The third-order valence-electron chi connectivity index (χ3n) is 16.9. The minimum absolute atomic E-state index is 0.0163. The fraction of sp³-hybridized carbons (Fsp3) is 0.678. The van der Waals surface area contributed by atoms with Crippen LogP contribution < -0.4 is 0 Å². The number of esters is 4. The Balaban J connectivity index is 5.49. The second kappa shape index (κ2) is 78.1. The summed E-state index contributed by atoms with van der Waals surface area (Å²) in [5.74, 6) is -2.36. The van der Waals surface area contributed by atoms with Crippen LogP contribution in [-0.2, 0) is 65.4 Å². The molecule has 0 aliphatic rings. The molecule has 0 saturated carbocycles. The van der Waals surface area contributed by atoms with E-state index in [1.807, 2.05) is 36.5 Å². The van der Waals surface area contributed by atoms with Crippen molar-refractivity contribution in [1.82, 2.24) is 0 Å². The van der Waals surface area contributed by atoms with E-state index in [1.165, 1.54) is 122 Å². The molecule has 0 aromatic carbocycles. The topological polar surface area (TPSA) is 237 Å². The molecule has 0 bridgehead atoms. The number of aliphatic hydroxyl groups is 1. The molecule has 5 unspecified atom stereocenters. The Morgan fingerprint density at radius 2 is 0.491 bits per heavy atom. The third kappa shape index (κ3) is 77.1. The fourth-order valence-electron chi connectivity index (χ4n) is 10.7. The molecule has 0 aromatic heterocycles. The third-order valence-corrected chi connectivity index (χ3v) is 18.8. The largest absolute Gasteiger partial charge is 0.472 e. The lowest BCUT2D eigenvalue weighted by Gasteiger charge is -2.21. The molecule has 106 heavy (non-hydrogen) atoms.